The van der Waals surface area contributed by atoms with E-state index in [-0.39, 0.29) is 0 Å². The van der Waals surface area contributed by atoms with Gasteiger partial charge in [-0.05, 0) is 41.9 Å². The first-order valence-electron chi connectivity index (χ1n) is 8.46. The van der Waals surface area contributed by atoms with Gasteiger partial charge in [-0.3, -0.25) is 4.79 Å². The van der Waals surface area contributed by atoms with E-state index >= 15 is 0 Å². The Kier molecular flexibility index (Phi) is 4.72. The van der Waals surface area contributed by atoms with Crippen molar-refractivity contribution in [3.63, 3.8) is 0 Å². The maximum Gasteiger partial charge on any atom is 0.136 e. The first-order chi connectivity index (χ1) is 10.8. The van der Waals surface area contributed by atoms with Crippen LogP contribution in [-0.4, -0.2) is 5.78 Å². The van der Waals surface area contributed by atoms with Crippen LogP contribution in [0.3, 0.4) is 0 Å². The van der Waals surface area contributed by atoms with Crippen LogP contribution in [0.5, 0.6) is 0 Å². The fourth-order valence-electron chi connectivity index (χ4n) is 3.59. The number of carbonyl (C=O) groups is 1. The highest BCUT2D eigenvalue weighted by molar-refractivity contribution is 5.82. The van der Waals surface area contributed by atoms with Gasteiger partial charge in [0.05, 0.1) is 0 Å². The molecule has 0 spiro atoms. The molecule has 2 aromatic rings. The standard InChI is InChI=1S/C21H24O/c1-2-6-19-13-14-20(15-21(19)22)18-11-9-17(10-12-18)16-7-4-3-5-8-16/h3-5,7-12,19-20H,2,6,13-15H2,1H3/t19-,20-/m1/s1. The van der Waals surface area contributed by atoms with E-state index in [4.69, 9.17) is 0 Å². The van der Waals surface area contributed by atoms with Crippen molar-refractivity contribution in [3.8, 4) is 11.1 Å². The SMILES string of the molecule is CCC[C@@H]1CC[C@@H](c2ccc(-c3ccccc3)cc2)CC1=O. The molecule has 0 N–H and O–H groups in total. The van der Waals surface area contributed by atoms with Gasteiger partial charge in [-0.15, -0.1) is 0 Å². The van der Waals surface area contributed by atoms with E-state index in [2.05, 4.69) is 55.5 Å². The molecule has 0 heterocycles. The lowest BCUT2D eigenvalue weighted by molar-refractivity contribution is -0.125. The Bertz CT molecular complexity index is 612. The van der Waals surface area contributed by atoms with Crippen LogP contribution in [0.1, 0.15) is 50.5 Å². The molecule has 114 valence electrons. The lowest BCUT2D eigenvalue weighted by Crippen LogP contribution is -2.23. The molecule has 1 aliphatic carbocycles. The third-order valence-electron chi connectivity index (χ3n) is 4.89. The summed E-state index contributed by atoms with van der Waals surface area (Å²) in [6, 6.07) is 19.2. The second kappa shape index (κ2) is 6.91. The van der Waals surface area contributed by atoms with E-state index in [0.29, 0.717) is 17.6 Å². The van der Waals surface area contributed by atoms with E-state index < -0.39 is 0 Å². The minimum atomic E-state index is 0.324. The summed E-state index contributed by atoms with van der Waals surface area (Å²) in [7, 11) is 0. The van der Waals surface area contributed by atoms with Crippen molar-refractivity contribution in [2.45, 2.75) is 44.9 Å². The van der Waals surface area contributed by atoms with Gasteiger partial charge < -0.3 is 0 Å². The lowest BCUT2D eigenvalue weighted by atomic mass is 9.76. The van der Waals surface area contributed by atoms with Gasteiger partial charge in [0.1, 0.15) is 5.78 Å². The van der Waals surface area contributed by atoms with Gasteiger partial charge >= 0.3 is 0 Å². The molecule has 0 saturated heterocycles. The van der Waals surface area contributed by atoms with Crippen LogP contribution in [0.2, 0.25) is 0 Å². The minimum absolute atomic E-state index is 0.324. The van der Waals surface area contributed by atoms with Crippen LogP contribution in [0.4, 0.5) is 0 Å². The van der Waals surface area contributed by atoms with Gasteiger partial charge in [0.15, 0.2) is 0 Å². The van der Waals surface area contributed by atoms with Gasteiger partial charge in [0.2, 0.25) is 0 Å². The molecule has 0 amide bonds. The lowest BCUT2D eigenvalue weighted by Gasteiger charge is -2.27. The molecule has 1 aliphatic rings. The van der Waals surface area contributed by atoms with Gasteiger partial charge in [-0.25, -0.2) is 0 Å². The molecule has 0 aliphatic heterocycles. The number of hydrogen-bond donors (Lipinski definition) is 0. The number of ketones is 1. The normalized spacial score (nSPS) is 21.8. The summed E-state index contributed by atoms with van der Waals surface area (Å²) in [6.07, 6.45) is 5.14. The Morgan fingerprint density at radius 2 is 1.59 bits per heavy atom. The Morgan fingerprint density at radius 1 is 0.909 bits per heavy atom. The van der Waals surface area contributed by atoms with Crippen molar-refractivity contribution < 1.29 is 4.79 Å². The summed E-state index contributed by atoms with van der Waals surface area (Å²) in [5.41, 5.74) is 3.81. The van der Waals surface area contributed by atoms with Crippen molar-refractivity contribution in [2.24, 2.45) is 5.92 Å². The summed E-state index contributed by atoms with van der Waals surface area (Å²) in [5, 5.41) is 0. The van der Waals surface area contributed by atoms with Crippen molar-refractivity contribution in [2.75, 3.05) is 0 Å². The average molecular weight is 292 g/mol. The number of Topliss-reactive ketones (excluding diaryl/α,β-unsaturated/α-hetero) is 1. The second-order valence-corrected chi connectivity index (χ2v) is 6.42. The van der Waals surface area contributed by atoms with Gasteiger partial charge in [0.25, 0.3) is 0 Å². The minimum Gasteiger partial charge on any atom is -0.299 e. The average Bonchev–Trinajstić information content (AvgIpc) is 2.58. The van der Waals surface area contributed by atoms with E-state index in [9.17, 15) is 4.79 Å². The van der Waals surface area contributed by atoms with Crippen LogP contribution < -0.4 is 0 Å². The zero-order valence-corrected chi connectivity index (χ0v) is 13.3. The Balaban J connectivity index is 1.70. The third kappa shape index (κ3) is 3.30. The van der Waals surface area contributed by atoms with Crippen LogP contribution in [0.25, 0.3) is 11.1 Å². The molecule has 1 saturated carbocycles. The molecule has 3 rings (SSSR count). The van der Waals surface area contributed by atoms with Gasteiger partial charge in [-0.1, -0.05) is 67.9 Å². The molecule has 0 radical (unpaired) electrons. The zero-order chi connectivity index (χ0) is 15.4. The third-order valence-corrected chi connectivity index (χ3v) is 4.89. The first-order valence-corrected chi connectivity index (χ1v) is 8.46. The zero-order valence-electron chi connectivity index (χ0n) is 13.3. The predicted octanol–water partition coefficient (Wildman–Crippen LogP) is 5.61. The van der Waals surface area contributed by atoms with Crippen LogP contribution >= 0.6 is 0 Å². The Morgan fingerprint density at radius 3 is 2.23 bits per heavy atom. The summed E-state index contributed by atoms with van der Waals surface area (Å²) in [4.78, 5) is 12.3. The smallest absolute Gasteiger partial charge is 0.136 e. The topological polar surface area (TPSA) is 17.1 Å². The molecular formula is C21H24O. The maximum absolute atomic E-state index is 12.3. The highest BCUT2D eigenvalue weighted by Gasteiger charge is 2.28. The van der Waals surface area contributed by atoms with Crippen LogP contribution in [-0.2, 0) is 4.79 Å². The van der Waals surface area contributed by atoms with Crippen molar-refractivity contribution in [1.82, 2.24) is 0 Å². The molecule has 0 unspecified atom stereocenters. The quantitative estimate of drug-likeness (QED) is 0.716. The van der Waals surface area contributed by atoms with E-state index in [1.54, 1.807) is 0 Å². The Hall–Kier alpha value is -1.89. The molecule has 1 nitrogen and oxygen atoms in total. The van der Waals surface area contributed by atoms with Crippen molar-refractivity contribution in [1.29, 1.82) is 0 Å². The number of carbonyl (C=O) groups excluding carboxylic acids is 1. The number of benzene rings is 2. The van der Waals surface area contributed by atoms with E-state index in [0.717, 1.165) is 32.1 Å². The molecule has 22 heavy (non-hydrogen) atoms. The monoisotopic (exact) mass is 292 g/mol. The summed E-state index contributed by atoms with van der Waals surface area (Å²) < 4.78 is 0. The van der Waals surface area contributed by atoms with E-state index in [1.807, 2.05) is 6.07 Å². The summed E-state index contributed by atoms with van der Waals surface area (Å²) >= 11 is 0. The molecule has 1 heteroatoms. The summed E-state index contributed by atoms with van der Waals surface area (Å²) in [6.45, 7) is 2.17. The molecule has 0 aromatic heterocycles. The van der Waals surface area contributed by atoms with Crippen LogP contribution in [0, 0.1) is 5.92 Å². The van der Waals surface area contributed by atoms with Gasteiger partial charge in [-0.2, -0.15) is 0 Å². The molecule has 2 atom stereocenters. The van der Waals surface area contributed by atoms with Crippen molar-refractivity contribution >= 4 is 5.78 Å². The first kappa shape index (κ1) is 15.0. The highest BCUT2D eigenvalue weighted by Crippen LogP contribution is 2.36. The maximum atomic E-state index is 12.3. The fraction of sp³-hybridized carbons (Fsp3) is 0.381. The number of rotatable bonds is 4. The molecule has 1 fully saturated rings. The molecule has 2 aromatic carbocycles. The second-order valence-electron chi connectivity index (χ2n) is 6.42. The van der Waals surface area contributed by atoms with Crippen molar-refractivity contribution in [3.05, 3.63) is 60.2 Å². The van der Waals surface area contributed by atoms with Gasteiger partial charge in [0, 0.05) is 12.3 Å². The largest absolute Gasteiger partial charge is 0.299 e. The fourth-order valence-corrected chi connectivity index (χ4v) is 3.59. The molecule has 0 bridgehead atoms. The predicted molar refractivity (Wildman–Crippen MR) is 91.9 cm³/mol. The molecular weight excluding hydrogens is 268 g/mol. The van der Waals surface area contributed by atoms with Crippen LogP contribution in [0.15, 0.2) is 54.6 Å². The summed E-state index contributed by atoms with van der Waals surface area (Å²) in [5.74, 6) is 1.22. The Labute approximate surface area is 133 Å². The van der Waals surface area contributed by atoms with E-state index in [1.165, 1.54) is 16.7 Å². The number of hydrogen-bond acceptors (Lipinski definition) is 1. The highest BCUT2D eigenvalue weighted by atomic mass is 16.1.